The molecule has 0 radical (unpaired) electrons. The van der Waals surface area contributed by atoms with E-state index in [-0.39, 0.29) is 30.1 Å². The number of aliphatic hydroxyl groups excluding tert-OH is 1. The second-order valence-electron chi connectivity index (χ2n) is 13.5. The molecular formula is C38H39Cl2N5O4. The molecule has 9 nitrogen and oxygen atoms in total. The van der Waals surface area contributed by atoms with Crippen molar-refractivity contribution >= 4 is 29.1 Å². The van der Waals surface area contributed by atoms with Crippen molar-refractivity contribution in [2.45, 2.75) is 62.8 Å². The van der Waals surface area contributed by atoms with Gasteiger partial charge in [-0.15, -0.1) is 0 Å². The molecule has 0 saturated carbocycles. The molecule has 3 unspecified atom stereocenters. The van der Waals surface area contributed by atoms with E-state index in [0.29, 0.717) is 47.9 Å². The Bertz CT molecular complexity index is 1950. The lowest BCUT2D eigenvalue weighted by atomic mass is 9.97. The van der Waals surface area contributed by atoms with E-state index in [1.165, 1.54) is 11.1 Å². The Morgan fingerprint density at radius 2 is 1.41 bits per heavy atom. The number of pyridine rings is 2. The number of benzene rings is 2. The number of carbonyl (C=O) groups is 1. The number of hydrogen-bond donors (Lipinski definition) is 3. The Morgan fingerprint density at radius 1 is 0.837 bits per heavy atom. The number of aryl methyl sites for hydroxylation is 2. The van der Waals surface area contributed by atoms with Crippen LogP contribution in [-0.4, -0.2) is 71.9 Å². The zero-order valence-electron chi connectivity index (χ0n) is 27.6. The predicted molar refractivity (Wildman–Crippen MR) is 190 cm³/mol. The molecule has 0 spiro atoms. The van der Waals surface area contributed by atoms with Crippen molar-refractivity contribution in [3.05, 3.63) is 80.8 Å². The van der Waals surface area contributed by atoms with Crippen LogP contribution in [0.15, 0.2) is 48.5 Å². The molecule has 254 valence electrons. The Morgan fingerprint density at radius 3 is 1.98 bits per heavy atom. The summed E-state index contributed by atoms with van der Waals surface area (Å²) >= 11 is 14.4. The van der Waals surface area contributed by atoms with Crippen molar-refractivity contribution in [3.63, 3.8) is 0 Å². The smallest absolute Gasteiger partial charge is 0.220 e. The van der Waals surface area contributed by atoms with Crippen LogP contribution in [0.3, 0.4) is 0 Å². The highest BCUT2D eigenvalue weighted by molar-refractivity contribution is 6.39. The van der Waals surface area contributed by atoms with Gasteiger partial charge in [0.2, 0.25) is 17.7 Å². The largest absolute Gasteiger partial charge is 0.481 e. The summed E-state index contributed by atoms with van der Waals surface area (Å²) in [6, 6.07) is 16.6. The van der Waals surface area contributed by atoms with Gasteiger partial charge in [0, 0.05) is 77.6 Å². The van der Waals surface area contributed by atoms with Gasteiger partial charge in [0.25, 0.3) is 0 Å². The van der Waals surface area contributed by atoms with E-state index in [4.69, 9.17) is 42.6 Å². The molecule has 2 saturated heterocycles. The summed E-state index contributed by atoms with van der Waals surface area (Å²) in [5.74, 6) is 1.31. The number of carbonyl (C=O) groups excluding carboxylic acids is 1. The fourth-order valence-corrected chi connectivity index (χ4v) is 8.73. The van der Waals surface area contributed by atoms with Crippen molar-refractivity contribution in [1.82, 2.24) is 25.5 Å². The fraction of sp³-hybridized carbons (Fsp3) is 0.395. The lowest BCUT2D eigenvalue weighted by molar-refractivity contribution is -0.119. The topological polar surface area (TPSA) is 109 Å². The number of rotatable bonds is 9. The summed E-state index contributed by atoms with van der Waals surface area (Å²) in [5.41, 5.74) is 9.27. The van der Waals surface area contributed by atoms with Crippen LogP contribution in [0.5, 0.6) is 11.8 Å². The molecular weight excluding hydrogens is 661 g/mol. The number of nitrogens with one attached hydrogen (secondary N) is 2. The van der Waals surface area contributed by atoms with Crippen molar-refractivity contribution in [3.8, 4) is 45.4 Å². The maximum Gasteiger partial charge on any atom is 0.220 e. The van der Waals surface area contributed by atoms with Gasteiger partial charge in [-0.05, 0) is 55.4 Å². The fourth-order valence-electron chi connectivity index (χ4n) is 8.08. The zero-order valence-corrected chi connectivity index (χ0v) is 29.1. The quantitative estimate of drug-likeness (QED) is 0.186. The first kappa shape index (κ1) is 32.5. The summed E-state index contributed by atoms with van der Waals surface area (Å²) in [7, 11) is 3.31. The van der Waals surface area contributed by atoms with Crippen LogP contribution in [0.25, 0.3) is 33.6 Å². The Hall–Kier alpha value is -3.73. The van der Waals surface area contributed by atoms with Crippen molar-refractivity contribution < 1.29 is 19.4 Å². The highest BCUT2D eigenvalue weighted by Gasteiger charge is 2.38. The molecule has 4 aliphatic rings. The molecule has 11 heteroatoms. The van der Waals surface area contributed by atoms with Crippen LogP contribution in [0.4, 0.5) is 0 Å². The third-order valence-corrected chi connectivity index (χ3v) is 11.4. The van der Waals surface area contributed by atoms with Crippen LogP contribution >= 0.6 is 23.2 Å². The minimum atomic E-state index is -0.261. The molecule has 2 aliphatic heterocycles. The average molecular weight is 701 g/mol. The van der Waals surface area contributed by atoms with E-state index in [2.05, 4.69) is 27.7 Å². The van der Waals surface area contributed by atoms with E-state index < -0.39 is 0 Å². The zero-order chi connectivity index (χ0) is 33.8. The predicted octanol–water partition coefficient (Wildman–Crippen LogP) is 6.32. The van der Waals surface area contributed by atoms with Gasteiger partial charge in [0.05, 0.1) is 41.8 Å². The maximum absolute atomic E-state index is 11.7. The van der Waals surface area contributed by atoms with Crippen molar-refractivity contribution in [2.24, 2.45) is 0 Å². The minimum Gasteiger partial charge on any atom is -0.481 e. The van der Waals surface area contributed by atoms with Gasteiger partial charge in [-0.2, -0.15) is 0 Å². The van der Waals surface area contributed by atoms with Crippen LogP contribution < -0.4 is 20.1 Å². The van der Waals surface area contributed by atoms with E-state index in [9.17, 15) is 9.90 Å². The molecule has 49 heavy (non-hydrogen) atoms. The van der Waals surface area contributed by atoms with E-state index in [0.717, 1.165) is 76.9 Å². The number of hydrogen-bond acceptors (Lipinski definition) is 8. The van der Waals surface area contributed by atoms with Gasteiger partial charge < -0.3 is 25.2 Å². The van der Waals surface area contributed by atoms with Crippen molar-refractivity contribution in [2.75, 3.05) is 33.9 Å². The Labute approximate surface area is 296 Å². The van der Waals surface area contributed by atoms with Crippen LogP contribution in [0.1, 0.15) is 60.0 Å². The number of nitrogens with zero attached hydrogens (tertiary/aromatic N) is 3. The number of aliphatic hydroxyl groups is 1. The number of β-amino-alcohol motifs (C(OH)–C–C–N with tert-alkyl or cyclic N) is 1. The van der Waals surface area contributed by atoms with Gasteiger partial charge in [-0.3, -0.25) is 9.69 Å². The standard InChI is InChI=1S/C38H39Cl2N5O4/c1-48-37-33-20(9-12-28(33)41-17-22-11-14-32(47)42-22)15-29(43-37)26-7-3-5-24(35(26)39)25-6-4-8-27(36(25)40)30-16-21-10-13-31(45-18-23(46)19-45)34(21)38(44-30)49-2/h3-8,15-16,22-23,28,31,41,46H,9-14,17-19H2,1-2H3,(H,42,47). The van der Waals surface area contributed by atoms with Crippen LogP contribution in [0, 0.1) is 0 Å². The Kier molecular flexibility index (Phi) is 8.74. The van der Waals surface area contributed by atoms with Crippen LogP contribution in [0.2, 0.25) is 10.0 Å². The number of halogens is 2. The summed E-state index contributed by atoms with van der Waals surface area (Å²) < 4.78 is 11.7. The maximum atomic E-state index is 11.7. The molecule has 2 fully saturated rings. The molecule has 2 aliphatic carbocycles. The third kappa shape index (κ3) is 5.85. The molecule has 3 atom stereocenters. The number of aromatic nitrogens is 2. The van der Waals surface area contributed by atoms with Crippen molar-refractivity contribution in [1.29, 1.82) is 0 Å². The van der Waals surface area contributed by atoms with Gasteiger partial charge in [-0.1, -0.05) is 59.6 Å². The monoisotopic (exact) mass is 699 g/mol. The summed E-state index contributed by atoms with van der Waals surface area (Å²) in [4.78, 5) is 23.9. The first-order valence-electron chi connectivity index (χ1n) is 17.0. The summed E-state index contributed by atoms with van der Waals surface area (Å²) in [5, 5.41) is 17.7. The van der Waals surface area contributed by atoms with E-state index in [1.54, 1.807) is 14.2 Å². The molecule has 3 N–H and O–H groups in total. The van der Waals surface area contributed by atoms with E-state index >= 15 is 0 Å². The molecule has 4 aromatic rings. The number of fused-ring (bicyclic) bond motifs is 2. The normalized spacial score (nSPS) is 21.7. The molecule has 0 bridgehead atoms. The first-order valence-corrected chi connectivity index (χ1v) is 17.8. The number of ether oxygens (including phenoxy) is 2. The third-order valence-electron chi connectivity index (χ3n) is 10.5. The van der Waals surface area contributed by atoms with Gasteiger partial charge in [0.1, 0.15) is 0 Å². The number of methoxy groups -OCH3 is 2. The van der Waals surface area contributed by atoms with Gasteiger partial charge in [-0.25, -0.2) is 9.97 Å². The Balaban J connectivity index is 1.10. The molecule has 1 amide bonds. The number of likely N-dealkylation sites (tertiary alicyclic amines) is 1. The molecule has 8 rings (SSSR count). The SMILES string of the molecule is COc1nc(-c2cccc(-c3cccc(-c4cc5c(c(OC)n4)C(N4CC(O)C4)CC5)c3Cl)c2Cl)cc2c1C(NCC1CCC(=O)N1)CC2. The average Bonchev–Trinajstić information content (AvgIpc) is 3.83. The lowest BCUT2D eigenvalue weighted by Gasteiger charge is -2.40. The number of amides is 1. The van der Waals surface area contributed by atoms with Crippen LogP contribution in [-0.2, 0) is 17.6 Å². The molecule has 4 heterocycles. The second kappa shape index (κ2) is 13.2. The van der Waals surface area contributed by atoms with Gasteiger partial charge >= 0.3 is 0 Å². The highest BCUT2D eigenvalue weighted by atomic mass is 35.5. The van der Waals surface area contributed by atoms with E-state index in [1.807, 2.05) is 36.4 Å². The van der Waals surface area contributed by atoms with Gasteiger partial charge in [0.15, 0.2) is 0 Å². The second-order valence-corrected chi connectivity index (χ2v) is 14.2. The minimum absolute atomic E-state index is 0.105. The highest BCUT2D eigenvalue weighted by Crippen LogP contribution is 2.47. The molecule has 2 aromatic carbocycles. The molecule has 2 aromatic heterocycles. The lowest BCUT2D eigenvalue weighted by Crippen LogP contribution is -2.51. The summed E-state index contributed by atoms with van der Waals surface area (Å²) in [6.07, 6.45) is 4.88. The summed E-state index contributed by atoms with van der Waals surface area (Å²) in [6.45, 7) is 2.07. The first-order chi connectivity index (χ1) is 23.8.